The van der Waals surface area contributed by atoms with Crippen molar-refractivity contribution in [3.8, 4) is 11.4 Å². The number of methoxy groups -OCH3 is 1. The van der Waals surface area contributed by atoms with Crippen LogP contribution in [0, 0.1) is 0 Å². The summed E-state index contributed by atoms with van der Waals surface area (Å²) in [6.45, 7) is 3.19. The Morgan fingerprint density at radius 2 is 1.88 bits per heavy atom. The van der Waals surface area contributed by atoms with Crippen molar-refractivity contribution < 1.29 is 9.15 Å². The molecule has 0 amide bonds. The predicted molar refractivity (Wildman–Crippen MR) is 95.6 cm³/mol. The molecule has 0 unspecified atom stereocenters. The van der Waals surface area contributed by atoms with Crippen molar-refractivity contribution in [2.75, 3.05) is 13.7 Å². The number of thioether (sulfide) groups is 1. The van der Waals surface area contributed by atoms with Gasteiger partial charge in [0.05, 0.1) is 18.9 Å². The maximum absolute atomic E-state index is 5.97. The van der Waals surface area contributed by atoms with Crippen LogP contribution < -0.4 is 0 Å². The molecule has 2 heterocycles. The van der Waals surface area contributed by atoms with Gasteiger partial charge in [-0.2, -0.15) is 0 Å². The summed E-state index contributed by atoms with van der Waals surface area (Å²) in [5.41, 5.74) is 0.950. The van der Waals surface area contributed by atoms with Crippen molar-refractivity contribution in [1.82, 2.24) is 25.0 Å². The van der Waals surface area contributed by atoms with E-state index in [9.17, 15) is 0 Å². The van der Waals surface area contributed by atoms with E-state index in [1.807, 2.05) is 35.8 Å². The Balaban J connectivity index is 1.81. The molecule has 3 aromatic rings. The largest absolute Gasteiger partial charge is 0.424 e. The highest BCUT2D eigenvalue weighted by atomic mass is 35.5. The first-order valence-electron chi connectivity index (χ1n) is 7.83. The van der Waals surface area contributed by atoms with E-state index in [0.717, 1.165) is 23.0 Å². The monoisotopic (exact) mass is 379 g/mol. The third-order valence-corrected chi connectivity index (χ3v) is 4.68. The minimum Gasteiger partial charge on any atom is -0.424 e. The highest BCUT2D eigenvalue weighted by Crippen LogP contribution is 2.27. The molecule has 0 spiro atoms. The van der Waals surface area contributed by atoms with Crippen molar-refractivity contribution in [2.24, 2.45) is 0 Å². The summed E-state index contributed by atoms with van der Waals surface area (Å²) in [4.78, 5) is 0. The van der Waals surface area contributed by atoms with Gasteiger partial charge in [-0.1, -0.05) is 30.3 Å². The second kappa shape index (κ2) is 8.46. The van der Waals surface area contributed by atoms with Crippen molar-refractivity contribution in [2.45, 2.75) is 30.8 Å². The summed E-state index contributed by atoms with van der Waals surface area (Å²) in [5, 5.41) is 18.1. The van der Waals surface area contributed by atoms with Crippen molar-refractivity contribution in [3.63, 3.8) is 0 Å². The lowest BCUT2D eigenvalue weighted by Crippen LogP contribution is -2.07. The zero-order chi connectivity index (χ0) is 17.6. The molecule has 1 aromatic carbocycles. The van der Waals surface area contributed by atoms with Gasteiger partial charge in [0.15, 0.2) is 11.0 Å². The zero-order valence-electron chi connectivity index (χ0n) is 14.0. The molecule has 0 bridgehead atoms. The first-order chi connectivity index (χ1) is 12.2. The molecule has 0 aliphatic heterocycles. The number of rotatable bonds is 8. The molecule has 3 rings (SSSR count). The zero-order valence-corrected chi connectivity index (χ0v) is 15.5. The third kappa shape index (κ3) is 4.39. The highest BCUT2D eigenvalue weighted by Gasteiger charge is 2.15. The standard InChI is InChI=1S/C16H18ClN5O2S/c1-3-13-18-19-14(24-13)10-25-16-21-20-15(22(16)8-9-23-2)11-4-6-12(17)7-5-11/h4-7H,3,8-10H2,1-2H3. The lowest BCUT2D eigenvalue weighted by atomic mass is 10.2. The first-order valence-corrected chi connectivity index (χ1v) is 9.19. The van der Waals surface area contributed by atoms with Crippen LogP contribution in [0.3, 0.4) is 0 Å². The minimum absolute atomic E-state index is 0.540. The van der Waals surface area contributed by atoms with Gasteiger partial charge in [-0.3, -0.25) is 4.57 Å². The lowest BCUT2D eigenvalue weighted by Gasteiger charge is -2.09. The van der Waals surface area contributed by atoms with Gasteiger partial charge in [-0.05, 0) is 24.3 Å². The minimum atomic E-state index is 0.540. The maximum atomic E-state index is 5.97. The van der Waals surface area contributed by atoms with Crippen LogP contribution in [-0.2, 0) is 23.5 Å². The Labute approximate surface area is 154 Å². The molecule has 0 saturated heterocycles. The van der Waals surface area contributed by atoms with E-state index in [2.05, 4.69) is 20.4 Å². The topological polar surface area (TPSA) is 78.9 Å². The van der Waals surface area contributed by atoms with Gasteiger partial charge in [0.25, 0.3) is 0 Å². The first kappa shape index (κ1) is 17.9. The van der Waals surface area contributed by atoms with Gasteiger partial charge in [0, 0.05) is 24.1 Å². The fraction of sp³-hybridized carbons (Fsp3) is 0.375. The van der Waals surface area contributed by atoms with Gasteiger partial charge >= 0.3 is 0 Å². The molecule has 9 heteroatoms. The fourth-order valence-electron chi connectivity index (χ4n) is 2.21. The highest BCUT2D eigenvalue weighted by molar-refractivity contribution is 7.98. The fourth-order valence-corrected chi connectivity index (χ4v) is 3.14. The predicted octanol–water partition coefficient (Wildman–Crippen LogP) is 3.48. The van der Waals surface area contributed by atoms with Crippen LogP contribution in [0.25, 0.3) is 11.4 Å². The molecule has 0 atom stereocenters. The number of aryl methyl sites for hydroxylation is 1. The van der Waals surface area contributed by atoms with E-state index < -0.39 is 0 Å². The van der Waals surface area contributed by atoms with Crippen LogP contribution in [0.1, 0.15) is 18.7 Å². The van der Waals surface area contributed by atoms with Crippen LogP contribution >= 0.6 is 23.4 Å². The van der Waals surface area contributed by atoms with Gasteiger partial charge in [-0.15, -0.1) is 20.4 Å². The van der Waals surface area contributed by atoms with E-state index in [-0.39, 0.29) is 0 Å². The molecular weight excluding hydrogens is 362 g/mol. The summed E-state index contributed by atoms with van der Waals surface area (Å²) in [6, 6.07) is 7.53. The number of nitrogens with zero attached hydrogens (tertiary/aromatic N) is 5. The molecule has 0 fully saturated rings. The Bertz CT molecular complexity index is 818. The van der Waals surface area contributed by atoms with E-state index in [4.69, 9.17) is 20.8 Å². The Kier molecular flexibility index (Phi) is 6.06. The van der Waals surface area contributed by atoms with E-state index in [0.29, 0.717) is 35.7 Å². The molecule has 0 radical (unpaired) electrons. The second-order valence-corrected chi connectivity index (χ2v) is 6.57. The quantitative estimate of drug-likeness (QED) is 0.554. The van der Waals surface area contributed by atoms with E-state index in [1.54, 1.807) is 7.11 Å². The molecule has 25 heavy (non-hydrogen) atoms. The van der Waals surface area contributed by atoms with Crippen molar-refractivity contribution in [3.05, 3.63) is 41.1 Å². The van der Waals surface area contributed by atoms with Crippen LogP contribution in [0.5, 0.6) is 0 Å². The number of ether oxygens (including phenoxy) is 1. The molecule has 0 N–H and O–H groups in total. The SMILES string of the molecule is CCc1nnc(CSc2nnc(-c3ccc(Cl)cc3)n2CCOC)o1. The maximum Gasteiger partial charge on any atom is 0.226 e. The van der Waals surface area contributed by atoms with E-state index in [1.165, 1.54) is 11.8 Å². The summed E-state index contributed by atoms with van der Waals surface area (Å²) in [6.07, 6.45) is 0.725. The van der Waals surface area contributed by atoms with Gasteiger partial charge in [0.1, 0.15) is 0 Å². The van der Waals surface area contributed by atoms with E-state index >= 15 is 0 Å². The average Bonchev–Trinajstić information content (AvgIpc) is 3.25. The third-order valence-electron chi connectivity index (χ3n) is 3.47. The number of halogens is 1. The molecule has 0 saturated carbocycles. The molecule has 7 nitrogen and oxygen atoms in total. The Morgan fingerprint density at radius 1 is 1.12 bits per heavy atom. The van der Waals surface area contributed by atoms with Crippen molar-refractivity contribution >= 4 is 23.4 Å². The average molecular weight is 380 g/mol. The normalized spacial score (nSPS) is 11.2. The second-order valence-electron chi connectivity index (χ2n) is 5.19. The molecule has 0 aliphatic carbocycles. The molecular formula is C16H18ClN5O2S. The number of aromatic nitrogens is 5. The summed E-state index contributed by atoms with van der Waals surface area (Å²) >= 11 is 7.47. The number of hydrogen-bond acceptors (Lipinski definition) is 7. The number of benzene rings is 1. The summed E-state index contributed by atoms with van der Waals surface area (Å²) < 4.78 is 12.8. The molecule has 0 aliphatic rings. The van der Waals surface area contributed by atoms with Gasteiger partial charge in [-0.25, -0.2) is 0 Å². The van der Waals surface area contributed by atoms with Crippen LogP contribution in [0.2, 0.25) is 5.02 Å². The molecule has 2 aromatic heterocycles. The van der Waals surface area contributed by atoms with Gasteiger partial charge < -0.3 is 9.15 Å². The number of hydrogen-bond donors (Lipinski definition) is 0. The smallest absolute Gasteiger partial charge is 0.226 e. The van der Waals surface area contributed by atoms with Crippen LogP contribution in [0.15, 0.2) is 33.8 Å². The Hall–Kier alpha value is -1.90. The van der Waals surface area contributed by atoms with Crippen LogP contribution in [-0.4, -0.2) is 38.7 Å². The summed E-state index contributed by atoms with van der Waals surface area (Å²) in [5.74, 6) is 2.53. The lowest BCUT2D eigenvalue weighted by molar-refractivity contribution is 0.185. The van der Waals surface area contributed by atoms with Crippen molar-refractivity contribution in [1.29, 1.82) is 0 Å². The van der Waals surface area contributed by atoms with Crippen LogP contribution in [0.4, 0.5) is 0 Å². The molecule has 132 valence electrons. The Morgan fingerprint density at radius 3 is 2.56 bits per heavy atom. The summed E-state index contributed by atoms with van der Waals surface area (Å²) in [7, 11) is 1.67. The van der Waals surface area contributed by atoms with Gasteiger partial charge in [0.2, 0.25) is 11.8 Å².